The number of carboxylic acids is 1. The summed E-state index contributed by atoms with van der Waals surface area (Å²) in [6.07, 6.45) is -7.98. The number of hydrogen-bond donors (Lipinski definition) is 6. The number of carboxylic acid groups (broad SMARTS) is 1. The van der Waals surface area contributed by atoms with E-state index in [2.05, 4.69) is 0 Å². The molecule has 1 saturated heterocycles. The molecule has 0 spiro atoms. The van der Waals surface area contributed by atoms with Crippen molar-refractivity contribution in [3.05, 3.63) is 0 Å². The van der Waals surface area contributed by atoms with Gasteiger partial charge in [-0.25, -0.2) is 4.79 Å². The number of carbonyl (C=O) groups is 2. The van der Waals surface area contributed by atoms with E-state index in [1.807, 2.05) is 5.32 Å². The molecule has 10 heteroatoms. The highest BCUT2D eigenvalue weighted by Crippen LogP contribution is 2.29. The molecule has 0 aliphatic carbocycles. The van der Waals surface area contributed by atoms with Gasteiger partial charge in [-0.1, -0.05) is 0 Å². The second-order valence-corrected chi connectivity index (χ2v) is 4.73. The summed E-state index contributed by atoms with van der Waals surface area (Å²) in [6.45, 7) is 1.45. The van der Waals surface area contributed by atoms with E-state index in [1.54, 1.807) is 0 Å². The van der Waals surface area contributed by atoms with Crippen LogP contribution in [0, 0.1) is 0 Å². The van der Waals surface area contributed by atoms with Crippen LogP contribution in [0.2, 0.25) is 0 Å². The molecule has 6 N–H and O–H groups in total. The first-order valence-corrected chi connectivity index (χ1v) is 6.16. The van der Waals surface area contributed by atoms with Crippen LogP contribution in [0.3, 0.4) is 0 Å². The molecule has 21 heavy (non-hydrogen) atoms. The van der Waals surface area contributed by atoms with Crippen LogP contribution in [0.25, 0.3) is 0 Å². The Balaban J connectivity index is 3.02. The molecular formula is C11H19NO9. The normalized spacial score (nSPS) is 37.8. The molecule has 122 valence electrons. The summed E-state index contributed by atoms with van der Waals surface area (Å²) >= 11 is 0. The molecule has 1 aliphatic rings. The largest absolute Gasteiger partial charge is 0.479 e. The maximum atomic E-state index is 11.1. The zero-order valence-electron chi connectivity index (χ0n) is 11.5. The van der Waals surface area contributed by atoms with Gasteiger partial charge in [0.05, 0.1) is 6.61 Å². The van der Waals surface area contributed by atoms with E-state index >= 15 is 0 Å². The van der Waals surface area contributed by atoms with Crippen LogP contribution in [0.5, 0.6) is 0 Å². The molecule has 0 saturated carbocycles. The number of aliphatic carboxylic acids is 1. The lowest BCUT2D eigenvalue weighted by Crippen LogP contribution is -2.72. The van der Waals surface area contributed by atoms with Crippen molar-refractivity contribution in [3.63, 3.8) is 0 Å². The molecule has 1 aliphatic heterocycles. The first-order valence-electron chi connectivity index (χ1n) is 6.16. The molecule has 0 aromatic carbocycles. The third-order valence-electron chi connectivity index (χ3n) is 3.00. The zero-order valence-corrected chi connectivity index (χ0v) is 11.5. The molecule has 6 atom stereocenters. The van der Waals surface area contributed by atoms with Crippen LogP contribution < -0.4 is 5.32 Å². The lowest BCUT2D eigenvalue weighted by atomic mass is 9.96. The van der Waals surface area contributed by atoms with Gasteiger partial charge in [0.15, 0.2) is 12.2 Å². The highest BCUT2D eigenvalue weighted by Gasteiger charge is 2.55. The van der Waals surface area contributed by atoms with Crippen molar-refractivity contribution >= 4 is 11.9 Å². The number of aliphatic hydroxyl groups is 4. The Bertz CT molecular complexity index is 403. The predicted octanol–water partition coefficient (Wildman–Crippen LogP) is -3.26. The zero-order chi connectivity index (χ0) is 16.4. The van der Waals surface area contributed by atoms with E-state index in [0.717, 1.165) is 13.8 Å². The van der Waals surface area contributed by atoms with Crippen molar-refractivity contribution in [2.75, 3.05) is 6.61 Å². The molecule has 1 rings (SSSR count). The third-order valence-corrected chi connectivity index (χ3v) is 3.00. The molecule has 1 heterocycles. The fraction of sp³-hybridized carbons (Fsp3) is 0.818. The van der Waals surface area contributed by atoms with E-state index in [9.17, 15) is 24.9 Å². The van der Waals surface area contributed by atoms with Gasteiger partial charge in [-0.3, -0.25) is 4.79 Å². The van der Waals surface area contributed by atoms with E-state index in [0.29, 0.717) is 0 Å². The lowest BCUT2D eigenvalue weighted by molar-refractivity contribution is -0.364. The fourth-order valence-electron chi connectivity index (χ4n) is 1.94. The maximum absolute atomic E-state index is 11.1. The van der Waals surface area contributed by atoms with Crippen molar-refractivity contribution in [2.24, 2.45) is 0 Å². The Morgan fingerprint density at radius 2 is 2.00 bits per heavy atom. The number of ether oxygens (including phenoxy) is 2. The van der Waals surface area contributed by atoms with Crippen LogP contribution in [0.15, 0.2) is 0 Å². The van der Waals surface area contributed by atoms with Crippen molar-refractivity contribution in [3.8, 4) is 0 Å². The summed E-state index contributed by atoms with van der Waals surface area (Å²) in [5.41, 5.74) is 0. The van der Waals surface area contributed by atoms with Gasteiger partial charge < -0.3 is 40.3 Å². The van der Waals surface area contributed by atoms with Crippen LogP contribution in [0.1, 0.15) is 13.8 Å². The third kappa shape index (κ3) is 3.87. The predicted molar refractivity (Wildman–Crippen MR) is 64.7 cm³/mol. The van der Waals surface area contributed by atoms with Gasteiger partial charge in [-0.2, -0.15) is 0 Å². The van der Waals surface area contributed by atoms with Gasteiger partial charge in [0.25, 0.3) is 5.91 Å². The average Bonchev–Trinajstić information content (AvgIpc) is 2.38. The molecule has 1 unspecified atom stereocenters. The van der Waals surface area contributed by atoms with Gasteiger partial charge in [0.1, 0.15) is 18.3 Å². The first kappa shape index (κ1) is 17.8. The van der Waals surface area contributed by atoms with Crippen LogP contribution in [-0.4, -0.2) is 80.4 Å². The summed E-state index contributed by atoms with van der Waals surface area (Å²) < 4.78 is 9.86. The van der Waals surface area contributed by atoms with E-state index < -0.39 is 54.9 Å². The Morgan fingerprint density at radius 3 is 2.43 bits per heavy atom. The Labute approximate surface area is 119 Å². The Hall–Kier alpha value is -1.30. The fourth-order valence-corrected chi connectivity index (χ4v) is 1.94. The van der Waals surface area contributed by atoms with Crippen molar-refractivity contribution < 1.29 is 44.6 Å². The van der Waals surface area contributed by atoms with Gasteiger partial charge in [0, 0.05) is 6.92 Å². The topological polar surface area (TPSA) is 166 Å². The first-order chi connectivity index (χ1) is 9.62. The standard InChI is InChI=1S/C11H19NO9/c1-4(10(17)18)20-8-7(15)6(3-13)21-11(19,9(8)16)12-5(2)14/h4,6-9,13,15-16,19H,3H2,1-2H3,(H,12,14)(H,17,18)/t4-,6-,7-,8+,9-,11?/m1/s1. The highest BCUT2D eigenvalue weighted by atomic mass is 16.7. The minimum atomic E-state index is -2.62. The smallest absolute Gasteiger partial charge is 0.332 e. The minimum absolute atomic E-state index is 0.753. The number of carbonyl (C=O) groups excluding carboxylic acids is 1. The minimum Gasteiger partial charge on any atom is -0.479 e. The number of aliphatic hydroxyl groups excluding tert-OH is 3. The van der Waals surface area contributed by atoms with Crippen LogP contribution >= 0.6 is 0 Å². The quantitative estimate of drug-likeness (QED) is 0.286. The summed E-state index contributed by atoms with van der Waals surface area (Å²) in [7, 11) is 0. The molecule has 0 radical (unpaired) electrons. The van der Waals surface area contributed by atoms with Gasteiger partial charge >= 0.3 is 5.97 Å². The van der Waals surface area contributed by atoms with Gasteiger partial charge in [-0.15, -0.1) is 0 Å². The molecule has 1 amide bonds. The number of hydrogen-bond acceptors (Lipinski definition) is 8. The SMILES string of the molecule is CC(=O)NC1(O)O[C@H](CO)[C@@H](O)[C@H](O[C@H](C)C(=O)O)[C@H]1O. The molecular weight excluding hydrogens is 290 g/mol. The Morgan fingerprint density at radius 1 is 1.43 bits per heavy atom. The van der Waals surface area contributed by atoms with Crippen LogP contribution in [-0.2, 0) is 19.1 Å². The van der Waals surface area contributed by atoms with Crippen molar-refractivity contribution in [2.45, 2.75) is 50.3 Å². The highest BCUT2D eigenvalue weighted by molar-refractivity contribution is 5.73. The number of nitrogens with one attached hydrogen (secondary N) is 1. The monoisotopic (exact) mass is 309 g/mol. The Kier molecular flexibility index (Phi) is 5.61. The molecule has 0 aromatic rings. The summed E-state index contributed by atoms with van der Waals surface area (Å²) in [5.74, 6) is -4.74. The summed E-state index contributed by atoms with van der Waals surface area (Å²) in [6, 6.07) is 0. The van der Waals surface area contributed by atoms with E-state index in [1.165, 1.54) is 0 Å². The van der Waals surface area contributed by atoms with Gasteiger partial charge in [0.2, 0.25) is 5.91 Å². The molecule has 0 aromatic heterocycles. The molecule has 1 fully saturated rings. The van der Waals surface area contributed by atoms with Crippen molar-refractivity contribution in [1.82, 2.24) is 5.32 Å². The van der Waals surface area contributed by atoms with Crippen LogP contribution in [0.4, 0.5) is 0 Å². The maximum Gasteiger partial charge on any atom is 0.332 e. The molecule has 10 nitrogen and oxygen atoms in total. The second-order valence-electron chi connectivity index (χ2n) is 4.73. The lowest BCUT2D eigenvalue weighted by Gasteiger charge is -2.46. The number of amides is 1. The summed E-state index contributed by atoms with van der Waals surface area (Å²) in [4.78, 5) is 21.8. The van der Waals surface area contributed by atoms with E-state index in [4.69, 9.17) is 19.7 Å². The van der Waals surface area contributed by atoms with E-state index in [-0.39, 0.29) is 0 Å². The van der Waals surface area contributed by atoms with Crippen molar-refractivity contribution in [1.29, 1.82) is 0 Å². The average molecular weight is 309 g/mol. The molecule has 0 bridgehead atoms. The van der Waals surface area contributed by atoms with Gasteiger partial charge in [-0.05, 0) is 6.92 Å². The second kappa shape index (κ2) is 6.64. The summed E-state index contributed by atoms with van der Waals surface area (Å²) in [5, 5.41) is 49.8. The number of rotatable bonds is 5.